The van der Waals surface area contributed by atoms with Crippen molar-refractivity contribution in [2.45, 2.75) is 13.0 Å². The SMILES string of the molecule is COc1cccc2c1-c1c(O)c(C#N)c3cc(C)cc(OC)c3c1C2O. The van der Waals surface area contributed by atoms with Gasteiger partial charge in [-0.25, -0.2) is 0 Å². The number of hydrogen-bond acceptors (Lipinski definition) is 5. The fraction of sp³-hybridized carbons (Fsp3) is 0.190. The highest BCUT2D eigenvalue weighted by Gasteiger charge is 2.36. The van der Waals surface area contributed by atoms with Gasteiger partial charge in [0.1, 0.15) is 35.0 Å². The normalized spacial score (nSPS) is 14.7. The lowest BCUT2D eigenvalue weighted by Crippen LogP contribution is -1.99. The average Bonchev–Trinajstić information content (AvgIpc) is 2.94. The summed E-state index contributed by atoms with van der Waals surface area (Å²) >= 11 is 0. The molecule has 1 aliphatic carbocycles. The fourth-order valence-electron chi connectivity index (χ4n) is 3.90. The predicted octanol–water partition coefficient (Wildman–Crippen LogP) is 3.80. The third-order valence-electron chi connectivity index (χ3n) is 4.96. The monoisotopic (exact) mass is 347 g/mol. The van der Waals surface area contributed by atoms with Crippen molar-refractivity contribution in [3.05, 3.63) is 52.6 Å². The molecule has 0 saturated carbocycles. The lowest BCUT2D eigenvalue weighted by molar-refractivity contribution is 0.226. The summed E-state index contributed by atoms with van der Waals surface area (Å²) in [4.78, 5) is 0. The molecule has 130 valence electrons. The number of rotatable bonds is 2. The number of phenols is 1. The average molecular weight is 347 g/mol. The molecule has 1 unspecified atom stereocenters. The number of aliphatic hydroxyl groups excluding tert-OH is 1. The second-order valence-corrected chi connectivity index (χ2v) is 6.34. The van der Waals surface area contributed by atoms with Crippen LogP contribution in [-0.2, 0) is 0 Å². The van der Waals surface area contributed by atoms with Gasteiger partial charge in [-0.05, 0) is 36.2 Å². The largest absolute Gasteiger partial charge is 0.506 e. The number of nitriles is 1. The van der Waals surface area contributed by atoms with Crippen molar-refractivity contribution in [3.63, 3.8) is 0 Å². The van der Waals surface area contributed by atoms with E-state index in [0.29, 0.717) is 44.5 Å². The van der Waals surface area contributed by atoms with Crippen LogP contribution in [0.5, 0.6) is 17.2 Å². The van der Waals surface area contributed by atoms with Crippen molar-refractivity contribution < 1.29 is 19.7 Å². The van der Waals surface area contributed by atoms with Crippen LogP contribution in [0.1, 0.15) is 28.4 Å². The minimum atomic E-state index is -0.951. The van der Waals surface area contributed by atoms with Crippen molar-refractivity contribution in [1.82, 2.24) is 0 Å². The molecule has 5 heteroatoms. The second-order valence-electron chi connectivity index (χ2n) is 6.34. The van der Waals surface area contributed by atoms with Crippen molar-refractivity contribution in [1.29, 1.82) is 5.26 Å². The quantitative estimate of drug-likeness (QED) is 0.737. The molecule has 1 atom stereocenters. The predicted molar refractivity (Wildman–Crippen MR) is 97.7 cm³/mol. The number of aromatic hydroxyl groups is 1. The van der Waals surface area contributed by atoms with Gasteiger partial charge in [-0.3, -0.25) is 0 Å². The molecule has 2 N–H and O–H groups in total. The molecule has 5 nitrogen and oxygen atoms in total. The first-order chi connectivity index (χ1) is 12.5. The van der Waals surface area contributed by atoms with Gasteiger partial charge in [-0.2, -0.15) is 5.26 Å². The number of fused-ring (bicyclic) bond motifs is 5. The van der Waals surface area contributed by atoms with E-state index in [2.05, 4.69) is 6.07 Å². The van der Waals surface area contributed by atoms with Gasteiger partial charge in [0.15, 0.2) is 0 Å². The van der Waals surface area contributed by atoms with Gasteiger partial charge in [-0.15, -0.1) is 0 Å². The van der Waals surface area contributed by atoms with E-state index in [-0.39, 0.29) is 11.3 Å². The number of aryl methyl sites for hydroxylation is 1. The third kappa shape index (κ3) is 1.94. The van der Waals surface area contributed by atoms with Crippen LogP contribution >= 0.6 is 0 Å². The summed E-state index contributed by atoms with van der Waals surface area (Å²) in [6.07, 6.45) is -0.951. The summed E-state index contributed by atoms with van der Waals surface area (Å²) in [7, 11) is 3.09. The van der Waals surface area contributed by atoms with E-state index in [4.69, 9.17) is 9.47 Å². The van der Waals surface area contributed by atoms with Crippen molar-refractivity contribution >= 4 is 10.8 Å². The van der Waals surface area contributed by atoms with Gasteiger partial charge < -0.3 is 19.7 Å². The number of aliphatic hydroxyl groups is 1. The van der Waals surface area contributed by atoms with Gasteiger partial charge in [0, 0.05) is 27.5 Å². The molecule has 0 bridgehead atoms. The minimum absolute atomic E-state index is 0.148. The summed E-state index contributed by atoms with van der Waals surface area (Å²) < 4.78 is 11.0. The van der Waals surface area contributed by atoms with Crippen LogP contribution in [0, 0.1) is 18.3 Å². The number of ether oxygens (including phenoxy) is 2. The molecule has 3 aromatic carbocycles. The van der Waals surface area contributed by atoms with Gasteiger partial charge in [0.25, 0.3) is 0 Å². The maximum Gasteiger partial charge on any atom is 0.142 e. The molecule has 4 rings (SSSR count). The van der Waals surface area contributed by atoms with Crippen LogP contribution in [0.15, 0.2) is 30.3 Å². The molecule has 0 aliphatic heterocycles. The minimum Gasteiger partial charge on any atom is -0.506 e. The van der Waals surface area contributed by atoms with Crippen molar-refractivity contribution in [2.24, 2.45) is 0 Å². The molecule has 0 aromatic heterocycles. The Morgan fingerprint density at radius 2 is 1.81 bits per heavy atom. The molecular weight excluding hydrogens is 330 g/mol. The molecule has 3 aromatic rings. The van der Waals surface area contributed by atoms with E-state index < -0.39 is 6.10 Å². The van der Waals surface area contributed by atoms with Crippen molar-refractivity contribution in [3.8, 4) is 34.4 Å². The van der Waals surface area contributed by atoms with E-state index >= 15 is 0 Å². The zero-order valence-corrected chi connectivity index (χ0v) is 14.6. The molecule has 0 heterocycles. The van der Waals surface area contributed by atoms with Gasteiger partial charge in [-0.1, -0.05) is 12.1 Å². The molecule has 0 fully saturated rings. The van der Waals surface area contributed by atoms with E-state index in [1.54, 1.807) is 25.3 Å². The Hall–Kier alpha value is -3.23. The molecule has 0 spiro atoms. The highest BCUT2D eigenvalue weighted by atomic mass is 16.5. The van der Waals surface area contributed by atoms with Gasteiger partial charge in [0.05, 0.1) is 14.2 Å². The smallest absolute Gasteiger partial charge is 0.142 e. The first kappa shape index (κ1) is 16.2. The number of phenolic OH excluding ortho intramolecular Hbond substituents is 1. The summed E-state index contributed by atoms with van der Waals surface area (Å²) in [5.41, 5.74) is 3.26. The van der Waals surface area contributed by atoms with Crippen LogP contribution in [0.3, 0.4) is 0 Å². The first-order valence-corrected chi connectivity index (χ1v) is 8.16. The summed E-state index contributed by atoms with van der Waals surface area (Å²) in [5, 5.41) is 32.8. The van der Waals surface area contributed by atoms with E-state index in [9.17, 15) is 15.5 Å². The van der Waals surface area contributed by atoms with Crippen LogP contribution < -0.4 is 9.47 Å². The molecule has 0 radical (unpaired) electrons. The Labute approximate surface area is 150 Å². The Balaban J connectivity index is 2.28. The maximum atomic E-state index is 11.0. The lowest BCUT2D eigenvalue weighted by Gasteiger charge is -2.17. The highest BCUT2D eigenvalue weighted by molar-refractivity contribution is 6.06. The highest BCUT2D eigenvalue weighted by Crippen LogP contribution is 2.56. The second kappa shape index (κ2) is 5.65. The Morgan fingerprint density at radius 1 is 1.08 bits per heavy atom. The number of benzene rings is 3. The molecule has 1 aliphatic rings. The molecule has 0 saturated heterocycles. The fourth-order valence-corrected chi connectivity index (χ4v) is 3.90. The number of hydrogen-bond donors (Lipinski definition) is 2. The third-order valence-corrected chi connectivity index (χ3v) is 4.96. The van der Waals surface area contributed by atoms with Crippen molar-refractivity contribution in [2.75, 3.05) is 14.2 Å². The maximum absolute atomic E-state index is 11.0. The summed E-state index contributed by atoms with van der Waals surface area (Å²) in [6, 6.07) is 11.1. The Morgan fingerprint density at radius 3 is 2.46 bits per heavy atom. The van der Waals surface area contributed by atoms with E-state index in [1.165, 1.54) is 7.11 Å². The molecule has 26 heavy (non-hydrogen) atoms. The number of methoxy groups -OCH3 is 2. The topological polar surface area (TPSA) is 82.7 Å². The van der Waals surface area contributed by atoms with E-state index in [1.807, 2.05) is 19.1 Å². The summed E-state index contributed by atoms with van der Waals surface area (Å²) in [6.45, 7) is 1.89. The summed E-state index contributed by atoms with van der Waals surface area (Å²) in [5.74, 6) is 0.938. The van der Waals surface area contributed by atoms with Gasteiger partial charge in [0.2, 0.25) is 0 Å². The Bertz CT molecular complexity index is 1110. The number of nitrogens with zero attached hydrogens (tertiary/aromatic N) is 1. The first-order valence-electron chi connectivity index (χ1n) is 8.16. The van der Waals surface area contributed by atoms with Crippen LogP contribution in [0.4, 0.5) is 0 Å². The standard InChI is InChI=1S/C21H17NO4/c1-10-7-12-13(9-22)21(24)18-16-11(5-4-6-14(16)25-2)20(23)19(18)17(12)15(8-10)26-3/h4-8,20,23-24H,1-3H3. The lowest BCUT2D eigenvalue weighted by atomic mass is 9.91. The van der Waals surface area contributed by atoms with Crippen LogP contribution in [0.25, 0.3) is 21.9 Å². The van der Waals surface area contributed by atoms with Crippen LogP contribution in [-0.4, -0.2) is 24.4 Å². The Kier molecular flexibility index (Phi) is 3.53. The zero-order chi connectivity index (χ0) is 18.6. The van der Waals surface area contributed by atoms with E-state index in [0.717, 1.165) is 5.56 Å². The van der Waals surface area contributed by atoms with Crippen LogP contribution in [0.2, 0.25) is 0 Å². The molecule has 0 amide bonds. The molecular formula is C21H17NO4. The zero-order valence-electron chi connectivity index (χ0n) is 14.6. The van der Waals surface area contributed by atoms with Gasteiger partial charge >= 0.3 is 0 Å².